The molecule has 0 aliphatic carbocycles. The minimum atomic E-state index is -1.20. The monoisotopic (exact) mass is 757 g/mol. The third-order valence-electron chi connectivity index (χ3n) is 9.19. The van der Waals surface area contributed by atoms with E-state index in [4.69, 9.17) is 35.1 Å². The maximum Gasteiger partial charge on any atom is 0.335 e. The number of ether oxygens (including phenoxy) is 2. The highest BCUT2D eigenvalue weighted by atomic mass is 16.5. The number of nitrogens with zero attached hydrogens (tertiary/aromatic N) is 6. The number of carbonyl (C=O) groups excluding carboxylic acids is 3. The maximum absolute atomic E-state index is 13.5. The summed E-state index contributed by atoms with van der Waals surface area (Å²) in [4.78, 5) is 84.8. The van der Waals surface area contributed by atoms with Gasteiger partial charge in [-0.1, -0.05) is 6.07 Å². The molecule has 7 rings (SSSR count). The van der Waals surface area contributed by atoms with Crippen LogP contribution < -0.4 is 15.2 Å². The summed E-state index contributed by atoms with van der Waals surface area (Å²) in [6, 6.07) is 17.4. The number of benzene rings is 1. The molecule has 12 bridgehead atoms. The summed E-state index contributed by atoms with van der Waals surface area (Å²) in [5.74, 6) is -2.19. The summed E-state index contributed by atoms with van der Waals surface area (Å²) in [7, 11) is 0. The van der Waals surface area contributed by atoms with Crippen LogP contribution in [0.25, 0.3) is 22.8 Å². The molecule has 16 heteroatoms. The minimum absolute atomic E-state index is 0.0533. The number of aromatic carboxylic acids is 2. The van der Waals surface area contributed by atoms with Crippen molar-refractivity contribution in [2.45, 2.75) is 52.1 Å². The molecule has 0 fully saturated rings. The topological polar surface area (TPSA) is 228 Å². The van der Waals surface area contributed by atoms with Gasteiger partial charge in [0.25, 0.3) is 12.9 Å². The van der Waals surface area contributed by atoms with Crippen LogP contribution in [0, 0.1) is 0 Å². The molecule has 2 aliphatic rings. The number of carboxylic acid groups (broad SMARTS) is 2. The Labute approximate surface area is 319 Å². The summed E-state index contributed by atoms with van der Waals surface area (Å²) < 4.78 is 10.6. The number of carbonyl (C=O) groups is 5. The number of hydrogen-bond donors (Lipinski definition) is 3. The first-order valence-electron chi connectivity index (χ1n) is 17.6. The zero-order valence-electron chi connectivity index (χ0n) is 29.9. The van der Waals surface area contributed by atoms with Gasteiger partial charge in [-0.15, -0.1) is 0 Å². The SMILES string of the molecule is NCCCC(=O)c1cc2cc(c1)CN1Cc3cc(C(=O)O)cc(n3)-c3cc(OC=O)cc(n3)CN(C2)Cc2cc(OC=O)cc(n2)-c2cc(C(=O)O)cc(n2)C1. The number of ketones is 1. The summed E-state index contributed by atoms with van der Waals surface area (Å²) in [5.41, 5.74) is 10.1. The number of nitrogens with two attached hydrogens (primary N) is 1. The smallest absolute Gasteiger partial charge is 0.335 e. The highest BCUT2D eigenvalue weighted by Crippen LogP contribution is 2.30. The van der Waals surface area contributed by atoms with Crippen LogP contribution in [0.15, 0.2) is 66.7 Å². The number of Topliss-reactive ketones (excluding diaryl/α,β-unsaturated/α-hetero) is 1. The van der Waals surface area contributed by atoms with Crippen molar-refractivity contribution in [2.75, 3.05) is 6.54 Å². The highest BCUT2D eigenvalue weighted by Gasteiger charge is 2.23. The zero-order valence-corrected chi connectivity index (χ0v) is 29.9. The second kappa shape index (κ2) is 16.3. The van der Waals surface area contributed by atoms with E-state index in [9.17, 15) is 34.2 Å². The molecular formula is C40H35N7O9. The molecule has 56 heavy (non-hydrogen) atoms. The molecule has 0 saturated heterocycles. The van der Waals surface area contributed by atoms with Crippen LogP contribution in [0.3, 0.4) is 0 Å². The van der Waals surface area contributed by atoms with E-state index in [0.717, 1.165) is 11.1 Å². The summed E-state index contributed by atoms with van der Waals surface area (Å²) in [6.45, 7) is 1.74. The maximum atomic E-state index is 13.5. The number of rotatable bonds is 10. The Bertz CT molecular complexity index is 2260. The molecule has 1 aromatic carbocycles. The Morgan fingerprint density at radius 3 is 1.38 bits per heavy atom. The quantitative estimate of drug-likeness (QED) is 0.135. The Kier molecular flexibility index (Phi) is 10.9. The fourth-order valence-corrected chi connectivity index (χ4v) is 6.92. The van der Waals surface area contributed by atoms with Crippen molar-refractivity contribution in [2.24, 2.45) is 5.73 Å². The summed E-state index contributed by atoms with van der Waals surface area (Å²) in [5, 5.41) is 20.3. The van der Waals surface area contributed by atoms with Crippen LogP contribution in [-0.4, -0.2) is 77.2 Å². The number of aromatic nitrogens is 4. The van der Waals surface area contributed by atoms with Gasteiger partial charge in [0, 0.05) is 75.5 Å². The third-order valence-corrected chi connectivity index (χ3v) is 9.19. The zero-order chi connectivity index (χ0) is 39.3. The van der Waals surface area contributed by atoms with Gasteiger partial charge < -0.3 is 25.4 Å². The predicted molar refractivity (Wildman–Crippen MR) is 197 cm³/mol. The van der Waals surface area contributed by atoms with Crippen molar-refractivity contribution in [3.8, 4) is 34.3 Å². The average molecular weight is 758 g/mol. The standard InChI is InChI=1S/C40H35N7O9/c41-3-1-2-38(50)25-5-23-4-24(6-25)16-47-19-30-11-32(55-21-48)13-36(44-30)34-9-26(39(51)52)7-28(42-34)17-46(15-23)18-29-8-27(40(53)54)10-35(43-29)37-14-33(56-22-49)12-31(20-47)45-37/h4-14,21-22H,1-3,15-20,41H2,(H,51,52)(H,53,54). The van der Waals surface area contributed by atoms with Gasteiger partial charge in [-0.05, 0) is 60.5 Å². The van der Waals surface area contributed by atoms with Crippen molar-refractivity contribution in [1.29, 1.82) is 0 Å². The number of carboxylic acids is 2. The Hall–Kier alpha value is -6.75. The van der Waals surface area contributed by atoms with E-state index < -0.39 is 11.9 Å². The first kappa shape index (κ1) is 37.6. The van der Waals surface area contributed by atoms with Gasteiger partial charge in [0.2, 0.25) is 0 Å². The molecule has 0 spiro atoms. The fraction of sp³-hybridized carbons (Fsp3) is 0.225. The fourth-order valence-electron chi connectivity index (χ4n) is 6.92. The van der Waals surface area contributed by atoms with Crippen LogP contribution in [0.1, 0.15) is 77.8 Å². The lowest BCUT2D eigenvalue weighted by atomic mass is 9.99. The predicted octanol–water partition coefficient (Wildman–Crippen LogP) is 4.02. The Balaban J connectivity index is 1.52. The normalized spacial score (nSPS) is 15.9. The van der Waals surface area contributed by atoms with E-state index in [0.29, 0.717) is 41.3 Å². The highest BCUT2D eigenvalue weighted by molar-refractivity contribution is 5.96. The molecule has 0 unspecified atom stereocenters. The Morgan fingerprint density at radius 2 is 0.982 bits per heavy atom. The van der Waals surface area contributed by atoms with E-state index in [-0.39, 0.29) is 110 Å². The van der Waals surface area contributed by atoms with Gasteiger partial charge >= 0.3 is 11.9 Å². The van der Waals surface area contributed by atoms with Crippen molar-refractivity contribution >= 4 is 30.7 Å². The molecule has 0 radical (unpaired) electrons. The molecule has 4 aromatic heterocycles. The van der Waals surface area contributed by atoms with Crippen LogP contribution in [0.5, 0.6) is 11.5 Å². The molecular weight excluding hydrogens is 722 g/mol. The molecule has 0 saturated carbocycles. The molecule has 4 N–H and O–H groups in total. The van der Waals surface area contributed by atoms with Crippen molar-refractivity contribution in [3.05, 3.63) is 117 Å². The lowest BCUT2D eigenvalue weighted by molar-refractivity contribution is -0.121. The molecule has 0 atom stereocenters. The molecule has 6 heterocycles. The van der Waals surface area contributed by atoms with Gasteiger partial charge in [-0.2, -0.15) is 0 Å². The second-order valence-corrected chi connectivity index (χ2v) is 13.5. The lowest BCUT2D eigenvalue weighted by Gasteiger charge is -2.24. The van der Waals surface area contributed by atoms with Gasteiger partial charge in [-0.3, -0.25) is 24.2 Å². The molecule has 284 valence electrons. The van der Waals surface area contributed by atoms with Crippen molar-refractivity contribution in [1.82, 2.24) is 29.7 Å². The molecule has 0 amide bonds. The first-order chi connectivity index (χ1) is 27.0. The largest absolute Gasteiger partial charge is 0.478 e. The average Bonchev–Trinajstić information content (AvgIpc) is 3.16. The summed E-state index contributed by atoms with van der Waals surface area (Å²) in [6.07, 6.45) is 0.738. The van der Waals surface area contributed by atoms with Gasteiger partial charge in [0.15, 0.2) is 5.78 Å². The Morgan fingerprint density at radius 1 is 0.571 bits per heavy atom. The van der Waals surface area contributed by atoms with Gasteiger partial charge in [-0.25, -0.2) is 29.5 Å². The van der Waals surface area contributed by atoms with Gasteiger partial charge in [0.05, 0.1) is 56.7 Å². The number of hydrogen-bond acceptors (Lipinski definition) is 14. The summed E-state index contributed by atoms with van der Waals surface area (Å²) >= 11 is 0. The van der Waals surface area contributed by atoms with Crippen LogP contribution >= 0.6 is 0 Å². The van der Waals surface area contributed by atoms with E-state index in [2.05, 4.69) is 0 Å². The van der Waals surface area contributed by atoms with E-state index >= 15 is 0 Å². The lowest BCUT2D eigenvalue weighted by Crippen LogP contribution is -2.25. The number of fused-ring (bicyclic) bond motifs is 12. The van der Waals surface area contributed by atoms with Crippen molar-refractivity contribution < 1.29 is 43.7 Å². The molecule has 5 aromatic rings. The van der Waals surface area contributed by atoms with E-state index in [1.54, 1.807) is 12.1 Å². The second-order valence-electron chi connectivity index (χ2n) is 13.5. The molecule has 16 nitrogen and oxygen atoms in total. The number of pyridine rings is 4. The first-order valence-corrected chi connectivity index (χ1v) is 17.6. The van der Waals surface area contributed by atoms with Gasteiger partial charge in [0.1, 0.15) is 11.5 Å². The van der Waals surface area contributed by atoms with Crippen LogP contribution in [0.4, 0.5) is 0 Å². The third kappa shape index (κ3) is 8.79. The van der Waals surface area contributed by atoms with Crippen molar-refractivity contribution in [3.63, 3.8) is 0 Å². The van der Waals surface area contributed by atoms with E-state index in [1.807, 2.05) is 28.0 Å². The van der Waals surface area contributed by atoms with Crippen LogP contribution in [-0.2, 0) is 48.9 Å². The minimum Gasteiger partial charge on any atom is -0.478 e. The van der Waals surface area contributed by atoms with Crippen LogP contribution in [0.2, 0.25) is 0 Å². The van der Waals surface area contributed by atoms with E-state index in [1.165, 1.54) is 36.4 Å². The molecule has 2 aliphatic heterocycles.